The molecule has 0 saturated carbocycles. The smallest absolute Gasteiger partial charge is 0.0887 e. The van der Waals surface area contributed by atoms with E-state index < -0.39 is 0 Å². The van der Waals surface area contributed by atoms with Gasteiger partial charge in [0.15, 0.2) is 0 Å². The van der Waals surface area contributed by atoms with Crippen LogP contribution in [0.2, 0.25) is 10.0 Å². The average molecular weight is 916 g/mol. The molecule has 0 N–H and O–H groups in total. The van der Waals surface area contributed by atoms with E-state index >= 15 is 0 Å². The van der Waals surface area contributed by atoms with Crippen molar-refractivity contribution in [3.63, 3.8) is 0 Å². The number of rotatable bonds is 12. The van der Waals surface area contributed by atoms with Gasteiger partial charge in [-0.05, 0) is 114 Å². The third kappa shape index (κ3) is 8.07. The topological polar surface area (TPSA) is 13.0 Å². The molecule has 0 amide bonds. The van der Waals surface area contributed by atoms with Crippen molar-refractivity contribution < 1.29 is 0 Å². The van der Waals surface area contributed by atoms with Gasteiger partial charge in [0.25, 0.3) is 0 Å². The quantitative estimate of drug-likeness (QED) is 0.121. The van der Waals surface area contributed by atoms with Crippen molar-refractivity contribution in [2.45, 2.75) is 0 Å². The van der Waals surface area contributed by atoms with Gasteiger partial charge in [0, 0.05) is 44.9 Å². The van der Waals surface area contributed by atoms with Gasteiger partial charge < -0.3 is 19.6 Å². The molecule has 0 radical (unpaired) electrons. The molecule has 0 fully saturated rings. The second-order valence-corrected chi connectivity index (χ2v) is 17.2. The van der Waals surface area contributed by atoms with Crippen molar-refractivity contribution in [3.8, 4) is 0 Å². The summed E-state index contributed by atoms with van der Waals surface area (Å²) in [6, 6.07) is 92.7. The molecule has 0 heterocycles. The maximum atomic E-state index is 7.86. The van der Waals surface area contributed by atoms with E-state index in [0.717, 1.165) is 89.8 Å². The van der Waals surface area contributed by atoms with Gasteiger partial charge in [-0.1, -0.05) is 187 Å². The van der Waals surface area contributed by atoms with E-state index in [0.29, 0.717) is 10.0 Å². The molecule has 0 aliphatic heterocycles. The number of anilines is 12. The average Bonchev–Trinajstić information content (AvgIpc) is 3.40. The molecule has 68 heavy (non-hydrogen) atoms. The van der Waals surface area contributed by atoms with Gasteiger partial charge in [0.05, 0.1) is 44.2 Å². The fourth-order valence-corrected chi connectivity index (χ4v) is 9.85. The first-order chi connectivity index (χ1) is 33.6. The molecule has 4 nitrogen and oxygen atoms in total. The van der Waals surface area contributed by atoms with E-state index in [1.165, 1.54) is 0 Å². The van der Waals surface area contributed by atoms with E-state index in [1.807, 2.05) is 24.3 Å². The minimum absolute atomic E-state index is 0.599. The summed E-state index contributed by atoms with van der Waals surface area (Å²) in [5.74, 6) is 0. The van der Waals surface area contributed by atoms with Gasteiger partial charge in [-0.3, -0.25) is 0 Å². The Labute approximate surface area is 407 Å². The summed E-state index contributed by atoms with van der Waals surface area (Å²) in [5, 5.41) is 5.62. The third-order valence-electron chi connectivity index (χ3n) is 12.3. The van der Waals surface area contributed by atoms with Crippen LogP contribution in [0.25, 0.3) is 21.5 Å². The SMILES string of the molecule is Clc1c(N(c2ccccc2)c2ccccc2)cccc1N(c1cccc(N(c2cccc(N(c3ccccc3)c3ccccc3)c2Cl)c2cccc3ccccc23)c1)c1cccc2ccccc12. The second kappa shape index (κ2) is 18.9. The van der Waals surface area contributed by atoms with Gasteiger partial charge in [0.2, 0.25) is 0 Å². The molecule has 0 aliphatic carbocycles. The van der Waals surface area contributed by atoms with E-state index in [2.05, 4.69) is 262 Å². The number of nitrogens with zero attached hydrogens (tertiary/aromatic N) is 4. The Bertz CT molecular complexity index is 3190. The Morgan fingerprint density at radius 1 is 0.206 bits per heavy atom. The molecule has 0 saturated heterocycles. The predicted octanol–water partition coefficient (Wildman–Crippen LogP) is 19.2. The van der Waals surface area contributed by atoms with Gasteiger partial charge >= 0.3 is 0 Å². The summed E-state index contributed by atoms with van der Waals surface area (Å²) in [7, 11) is 0. The van der Waals surface area contributed by atoms with E-state index in [-0.39, 0.29) is 0 Å². The number of para-hydroxylation sites is 4. The van der Waals surface area contributed by atoms with Crippen LogP contribution >= 0.6 is 23.2 Å². The minimum Gasteiger partial charge on any atom is -0.309 e. The lowest BCUT2D eigenvalue weighted by Crippen LogP contribution is -2.16. The van der Waals surface area contributed by atoms with Crippen molar-refractivity contribution in [3.05, 3.63) is 277 Å². The standard InChI is InChI=1S/C62H44Cl2N4/c63-61-57(65(47-26-5-1-6-27-47)48-28-7-2-8-29-48)40-20-42-59(61)67(55-38-17-24-45-22-13-15-36-53(45)55)51-34-19-35-52(44-51)68(56-39-18-25-46-23-14-16-37-54(46)56)60-43-21-41-58(62(60)64)66(49-30-9-3-10-31-49)50-32-11-4-12-33-50/h1-44H. The molecule has 0 aromatic heterocycles. The first-order valence-electron chi connectivity index (χ1n) is 22.7. The van der Waals surface area contributed by atoms with Crippen molar-refractivity contribution in [1.82, 2.24) is 0 Å². The molecule has 0 unspecified atom stereocenters. The van der Waals surface area contributed by atoms with Gasteiger partial charge in [-0.2, -0.15) is 0 Å². The molecular weight excluding hydrogens is 872 g/mol. The normalized spacial score (nSPS) is 11.1. The highest BCUT2D eigenvalue weighted by atomic mass is 35.5. The first kappa shape index (κ1) is 42.4. The fourth-order valence-electron chi connectivity index (χ4n) is 9.26. The van der Waals surface area contributed by atoms with E-state index in [9.17, 15) is 0 Å². The van der Waals surface area contributed by atoms with Crippen LogP contribution in [0.3, 0.4) is 0 Å². The third-order valence-corrected chi connectivity index (χ3v) is 13.1. The Morgan fingerprint density at radius 3 is 0.824 bits per heavy atom. The van der Waals surface area contributed by atoms with Gasteiger partial charge in [-0.15, -0.1) is 0 Å². The Kier molecular flexibility index (Phi) is 11.8. The first-order valence-corrected chi connectivity index (χ1v) is 23.4. The lowest BCUT2D eigenvalue weighted by atomic mass is 10.0. The van der Waals surface area contributed by atoms with Crippen molar-refractivity contribution >= 4 is 113 Å². The van der Waals surface area contributed by atoms with Crippen LogP contribution < -0.4 is 19.6 Å². The van der Waals surface area contributed by atoms with Crippen LogP contribution in [0.5, 0.6) is 0 Å². The summed E-state index contributed by atoms with van der Waals surface area (Å²) in [6.45, 7) is 0. The molecular formula is C62H44Cl2N4. The lowest BCUT2D eigenvalue weighted by molar-refractivity contribution is 1.24. The van der Waals surface area contributed by atoms with Crippen LogP contribution in [0, 0.1) is 0 Å². The van der Waals surface area contributed by atoms with E-state index in [4.69, 9.17) is 23.2 Å². The van der Waals surface area contributed by atoms with E-state index in [1.54, 1.807) is 0 Å². The van der Waals surface area contributed by atoms with Crippen molar-refractivity contribution in [2.75, 3.05) is 19.6 Å². The van der Waals surface area contributed by atoms with Gasteiger partial charge in [0.1, 0.15) is 0 Å². The molecule has 11 rings (SSSR count). The monoisotopic (exact) mass is 914 g/mol. The molecule has 0 aliphatic rings. The molecule has 0 bridgehead atoms. The fraction of sp³-hybridized carbons (Fsp3) is 0. The summed E-state index contributed by atoms with van der Waals surface area (Å²) >= 11 is 15.7. The van der Waals surface area contributed by atoms with Crippen LogP contribution in [-0.2, 0) is 0 Å². The zero-order valence-electron chi connectivity index (χ0n) is 36.9. The number of hydrogen-bond acceptors (Lipinski definition) is 4. The van der Waals surface area contributed by atoms with Gasteiger partial charge in [-0.25, -0.2) is 0 Å². The Hall–Kier alpha value is -8.28. The second-order valence-electron chi connectivity index (χ2n) is 16.4. The van der Waals surface area contributed by atoms with Crippen LogP contribution in [0.1, 0.15) is 0 Å². The minimum atomic E-state index is 0.599. The number of fused-ring (bicyclic) bond motifs is 2. The highest BCUT2D eigenvalue weighted by Crippen LogP contribution is 2.51. The highest BCUT2D eigenvalue weighted by molar-refractivity contribution is 6.37. The molecule has 0 atom stereocenters. The maximum absolute atomic E-state index is 7.86. The summed E-state index contributed by atoms with van der Waals surface area (Å²) in [4.78, 5) is 9.01. The summed E-state index contributed by atoms with van der Waals surface area (Å²) in [6.07, 6.45) is 0. The zero-order valence-corrected chi connectivity index (χ0v) is 38.5. The summed E-state index contributed by atoms with van der Waals surface area (Å²) < 4.78 is 0. The molecule has 6 heteroatoms. The number of benzene rings is 11. The number of halogens is 2. The largest absolute Gasteiger partial charge is 0.309 e. The van der Waals surface area contributed by atoms with Crippen LogP contribution in [0.15, 0.2) is 267 Å². The predicted molar refractivity (Wildman–Crippen MR) is 290 cm³/mol. The zero-order chi connectivity index (χ0) is 45.8. The maximum Gasteiger partial charge on any atom is 0.0887 e. The molecule has 326 valence electrons. The highest BCUT2D eigenvalue weighted by Gasteiger charge is 2.27. The van der Waals surface area contributed by atoms with Crippen LogP contribution in [-0.4, -0.2) is 0 Å². The molecule has 0 spiro atoms. The van der Waals surface area contributed by atoms with Crippen LogP contribution in [0.4, 0.5) is 68.2 Å². The summed E-state index contributed by atoms with van der Waals surface area (Å²) in [5.41, 5.74) is 11.2. The number of hydrogen-bond donors (Lipinski definition) is 0. The van der Waals surface area contributed by atoms with Crippen molar-refractivity contribution in [1.29, 1.82) is 0 Å². The molecule has 11 aromatic carbocycles. The lowest BCUT2D eigenvalue weighted by Gasteiger charge is -2.33. The molecule has 11 aromatic rings. The Balaban J connectivity index is 1.14. The van der Waals surface area contributed by atoms with Crippen molar-refractivity contribution in [2.24, 2.45) is 0 Å². The Morgan fingerprint density at radius 2 is 0.456 bits per heavy atom.